The Kier molecular flexibility index (Phi) is 4.38. The average molecular weight is 337 g/mol. The maximum absolute atomic E-state index is 12.7. The molecule has 1 aromatic heterocycles. The molecule has 0 bridgehead atoms. The highest BCUT2D eigenvalue weighted by Gasteiger charge is 2.38. The Labute approximate surface area is 148 Å². The SMILES string of the molecule is CC[N+](CC)=C1C=CC(=C2C(=O)C(c3[nH]c(C)c(C)c3C)=C2O)C=C1. The summed E-state index contributed by atoms with van der Waals surface area (Å²) in [5, 5.41) is 10.5. The lowest BCUT2D eigenvalue weighted by Gasteiger charge is -2.23. The first-order valence-electron chi connectivity index (χ1n) is 8.77. The number of aromatic amines is 1. The highest BCUT2D eigenvalue weighted by atomic mass is 16.3. The summed E-state index contributed by atoms with van der Waals surface area (Å²) in [7, 11) is 0. The molecule has 0 aromatic carbocycles. The molecule has 0 unspecified atom stereocenters. The monoisotopic (exact) mass is 337 g/mol. The second-order valence-corrected chi connectivity index (χ2v) is 6.52. The summed E-state index contributed by atoms with van der Waals surface area (Å²) in [6.07, 6.45) is 7.82. The zero-order valence-electron chi connectivity index (χ0n) is 15.5. The van der Waals surface area contributed by atoms with Crippen LogP contribution in [0.25, 0.3) is 5.57 Å². The van der Waals surface area contributed by atoms with E-state index < -0.39 is 0 Å². The molecule has 1 aromatic rings. The minimum atomic E-state index is -0.0996. The summed E-state index contributed by atoms with van der Waals surface area (Å²) >= 11 is 0. The van der Waals surface area contributed by atoms with Crippen molar-refractivity contribution in [3.8, 4) is 0 Å². The maximum Gasteiger partial charge on any atom is 0.203 e. The molecule has 0 amide bonds. The zero-order chi connectivity index (χ0) is 18.3. The van der Waals surface area contributed by atoms with Gasteiger partial charge < -0.3 is 10.1 Å². The van der Waals surface area contributed by atoms with Gasteiger partial charge in [0.15, 0.2) is 5.71 Å². The van der Waals surface area contributed by atoms with E-state index in [1.807, 2.05) is 45.1 Å². The average Bonchev–Trinajstić information content (AvgIpc) is 2.85. The van der Waals surface area contributed by atoms with Crippen LogP contribution >= 0.6 is 0 Å². The number of ketones is 1. The van der Waals surface area contributed by atoms with Gasteiger partial charge in [-0.15, -0.1) is 0 Å². The van der Waals surface area contributed by atoms with Crippen molar-refractivity contribution in [1.29, 1.82) is 0 Å². The van der Waals surface area contributed by atoms with E-state index in [4.69, 9.17) is 0 Å². The standard InChI is InChI=1S/C21H24N2O2/c1-6-23(7-2)16-10-8-15(9-11-16)17-20(24)18(21(17)25)19-13(4)12(3)14(5)22-19/h8-11H,6-7H2,1-5H3,(H,24,25)/p+1. The fourth-order valence-electron chi connectivity index (χ4n) is 3.42. The number of nitrogens with zero attached hydrogens (tertiary/aromatic N) is 1. The van der Waals surface area contributed by atoms with Gasteiger partial charge in [0.25, 0.3) is 0 Å². The molecule has 2 aliphatic carbocycles. The molecule has 25 heavy (non-hydrogen) atoms. The Bertz CT molecular complexity index is 894. The molecule has 3 rings (SSSR count). The first kappa shape index (κ1) is 17.2. The molecular formula is C21H25N2O2+. The number of allylic oxidation sites excluding steroid dienone is 7. The molecule has 0 aliphatic heterocycles. The molecular weight excluding hydrogens is 312 g/mol. The van der Waals surface area contributed by atoms with Gasteiger partial charge >= 0.3 is 0 Å². The third-order valence-corrected chi connectivity index (χ3v) is 5.27. The molecule has 0 radical (unpaired) electrons. The molecule has 2 aliphatic rings. The van der Waals surface area contributed by atoms with E-state index >= 15 is 0 Å². The van der Waals surface area contributed by atoms with Gasteiger partial charge in [0, 0.05) is 17.8 Å². The van der Waals surface area contributed by atoms with Crippen molar-refractivity contribution in [2.75, 3.05) is 13.1 Å². The summed E-state index contributed by atoms with van der Waals surface area (Å²) in [6.45, 7) is 12.1. The highest BCUT2D eigenvalue weighted by molar-refractivity contribution is 6.39. The van der Waals surface area contributed by atoms with Crippen LogP contribution in [0.5, 0.6) is 0 Å². The summed E-state index contributed by atoms with van der Waals surface area (Å²) in [5.74, 6) is -0.0117. The number of hydrogen-bond donors (Lipinski definition) is 2. The lowest BCUT2D eigenvalue weighted by atomic mass is 9.81. The van der Waals surface area contributed by atoms with E-state index in [9.17, 15) is 9.90 Å². The fraction of sp³-hybridized carbons (Fsp3) is 0.333. The van der Waals surface area contributed by atoms with E-state index in [0.717, 1.165) is 46.9 Å². The first-order valence-corrected chi connectivity index (χ1v) is 8.77. The first-order chi connectivity index (χ1) is 11.9. The molecule has 0 saturated carbocycles. The summed E-state index contributed by atoms with van der Waals surface area (Å²) in [6, 6.07) is 0. The van der Waals surface area contributed by atoms with Crippen LogP contribution < -0.4 is 0 Å². The molecule has 0 saturated heterocycles. The Morgan fingerprint density at radius 2 is 1.56 bits per heavy atom. The number of aryl methyl sites for hydroxylation is 1. The third-order valence-electron chi connectivity index (χ3n) is 5.27. The summed E-state index contributed by atoms with van der Waals surface area (Å²) in [4.78, 5) is 15.9. The van der Waals surface area contributed by atoms with Crippen LogP contribution in [-0.2, 0) is 4.79 Å². The van der Waals surface area contributed by atoms with Gasteiger partial charge in [0.05, 0.1) is 16.8 Å². The largest absolute Gasteiger partial charge is 0.506 e. The van der Waals surface area contributed by atoms with Crippen molar-refractivity contribution >= 4 is 17.1 Å². The van der Waals surface area contributed by atoms with Crippen LogP contribution in [0.15, 0.2) is 41.2 Å². The fourth-order valence-corrected chi connectivity index (χ4v) is 3.42. The van der Waals surface area contributed by atoms with Gasteiger partial charge in [-0.25, -0.2) is 4.58 Å². The minimum absolute atomic E-state index is 0.0879. The Morgan fingerprint density at radius 1 is 0.960 bits per heavy atom. The summed E-state index contributed by atoms with van der Waals surface area (Å²) < 4.78 is 2.24. The Hall–Kier alpha value is -2.62. The second kappa shape index (κ2) is 6.36. The Morgan fingerprint density at radius 3 is 2.00 bits per heavy atom. The molecule has 4 nitrogen and oxygen atoms in total. The van der Waals surface area contributed by atoms with E-state index in [0.29, 0.717) is 11.1 Å². The molecule has 0 atom stereocenters. The lowest BCUT2D eigenvalue weighted by molar-refractivity contribution is -0.519. The van der Waals surface area contributed by atoms with Crippen LogP contribution in [0.1, 0.15) is 36.4 Å². The number of nitrogens with one attached hydrogen (secondary N) is 1. The van der Waals surface area contributed by atoms with E-state index in [-0.39, 0.29) is 11.5 Å². The topological polar surface area (TPSA) is 56.1 Å². The quantitative estimate of drug-likeness (QED) is 0.652. The van der Waals surface area contributed by atoms with Crippen molar-refractivity contribution < 1.29 is 14.5 Å². The molecule has 2 N–H and O–H groups in total. The highest BCUT2D eigenvalue weighted by Crippen LogP contribution is 2.40. The number of aliphatic hydroxyl groups excluding tert-OH is 1. The number of carbonyl (C=O) groups excluding carboxylic acids is 1. The zero-order valence-corrected chi connectivity index (χ0v) is 15.5. The maximum atomic E-state index is 12.7. The Balaban J connectivity index is 2.01. The van der Waals surface area contributed by atoms with E-state index in [1.165, 1.54) is 0 Å². The third kappa shape index (κ3) is 2.62. The van der Waals surface area contributed by atoms with Crippen molar-refractivity contribution in [3.63, 3.8) is 0 Å². The number of rotatable bonds is 3. The van der Waals surface area contributed by atoms with Gasteiger partial charge in [-0.3, -0.25) is 4.79 Å². The second-order valence-electron chi connectivity index (χ2n) is 6.52. The van der Waals surface area contributed by atoms with Crippen molar-refractivity contribution in [2.24, 2.45) is 0 Å². The number of carbonyl (C=O) groups is 1. The number of Topliss-reactive ketones (excluding diaryl/α,β-unsaturated/α-hetero) is 1. The van der Waals surface area contributed by atoms with Gasteiger partial charge in [-0.1, -0.05) is 0 Å². The van der Waals surface area contributed by atoms with Crippen molar-refractivity contribution in [2.45, 2.75) is 34.6 Å². The summed E-state index contributed by atoms with van der Waals surface area (Å²) in [5.41, 5.74) is 6.60. The van der Waals surface area contributed by atoms with Gasteiger partial charge in [0.1, 0.15) is 18.8 Å². The molecule has 0 fully saturated rings. The minimum Gasteiger partial charge on any atom is -0.506 e. The molecule has 130 valence electrons. The van der Waals surface area contributed by atoms with E-state index in [1.54, 1.807) is 0 Å². The van der Waals surface area contributed by atoms with Crippen molar-refractivity contribution in [1.82, 2.24) is 4.98 Å². The van der Waals surface area contributed by atoms with Crippen LogP contribution in [0.4, 0.5) is 0 Å². The number of H-pyrrole nitrogens is 1. The molecule has 4 heteroatoms. The van der Waals surface area contributed by atoms with Gasteiger partial charge in [-0.05, 0) is 63.5 Å². The number of hydrogen-bond acceptors (Lipinski definition) is 2. The van der Waals surface area contributed by atoms with Crippen LogP contribution in [-0.4, -0.2) is 39.3 Å². The normalized spacial score (nSPS) is 16.8. The predicted octanol–water partition coefficient (Wildman–Crippen LogP) is 3.71. The van der Waals surface area contributed by atoms with Crippen LogP contribution in [0.2, 0.25) is 0 Å². The predicted molar refractivity (Wildman–Crippen MR) is 101 cm³/mol. The van der Waals surface area contributed by atoms with Crippen LogP contribution in [0.3, 0.4) is 0 Å². The lowest BCUT2D eigenvalue weighted by Crippen LogP contribution is -2.24. The van der Waals surface area contributed by atoms with E-state index in [2.05, 4.69) is 23.4 Å². The smallest absolute Gasteiger partial charge is 0.203 e. The van der Waals surface area contributed by atoms with Crippen molar-refractivity contribution in [3.05, 3.63) is 63.7 Å². The van der Waals surface area contributed by atoms with Gasteiger partial charge in [0.2, 0.25) is 5.78 Å². The van der Waals surface area contributed by atoms with Gasteiger partial charge in [-0.2, -0.15) is 0 Å². The van der Waals surface area contributed by atoms with Crippen LogP contribution in [0, 0.1) is 20.8 Å². The molecule has 1 heterocycles. The molecule has 0 spiro atoms. The number of aliphatic hydroxyl groups is 1. The number of aromatic nitrogens is 1.